The third kappa shape index (κ3) is 5.28. The molecule has 1 aromatic heterocycles. The number of hydrogen-bond donors (Lipinski definition) is 1. The van der Waals surface area contributed by atoms with Crippen LogP contribution in [0.2, 0.25) is 0 Å². The van der Waals surface area contributed by atoms with Gasteiger partial charge in [-0.25, -0.2) is 14.6 Å². The summed E-state index contributed by atoms with van der Waals surface area (Å²) >= 11 is 0. The Labute approximate surface area is 180 Å². The van der Waals surface area contributed by atoms with Crippen molar-refractivity contribution in [2.45, 2.75) is 25.4 Å². The highest BCUT2D eigenvalue weighted by Gasteiger charge is 2.23. The number of aryl methyl sites for hydroxylation is 1. The molecule has 1 fully saturated rings. The molecule has 3 aromatic rings. The number of carboxylic acid groups (broad SMARTS) is 1. The van der Waals surface area contributed by atoms with Crippen molar-refractivity contribution >= 4 is 23.0 Å². The lowest BCUT2D eigenvalue weighted by Gasteiger charge is -2.33. The summed E-state index contributed by atoms with van der Waals surface area (Å²) in [6.07, 6.45) is 2.61. The van der Waals surface area contributed by atoms with Crippen molar-refractivity contribution in [3.63, 3.8) is 0 Å². The van der Waals surface area contributed by atoms with Crippen LogP contribution < -0.4 is 4.84 Å². The minimum absolute atomic E-state index is 0.164. The number of para-hydroxylation sites is 2. The van der Waals surface area contributed by atoms with Gasteiger partial charge in [-0.2, -0.15) is 4.73 Å². The van der Waals surface area contributed by atoms with E-state index in [-0.39, 0.29) is 6.10 Å². The van der Waals surface area contributed by atoms with E-state index in [2.05, 4.69) is 22.0 Å². The van der Waals surface area contributed by atoms with E-state index in [0.29, 0.717) is 36.4 Å². The second-order valence-corrected chi connectivity index (χ2v) is 7.56. The van der Waals surface area contributed by atoms with Crippen molar-refractivity contribution in [2.75, 3.05) is 26.2 Å². The molecule has 1 N–H and O–H groups in total. The highest BCUT2D eigenvalue weighted by atomic mass is 16.7. The van der Waals surface area contributed by atoms with Gasteiger partial charge in [-0.05, 0) is 30.5 Å². The molecule has 8 nitrogen and oxygen atoms in total. The monoisotopic (exact) mass is 423 g/mol. The second-order valence-electron chi connectivity index (χ2n) is 7.56. The Morgan fingerprint density at radius 2 is 1.87 bits per heavy atom. The first-order valence-electron chi connectivity index (χ1n) is 10.4. The molecule has 0 aliphatic carbocycles. The van der Waals surface area contributed by atoms with Crippen molar-refractivity contribution < 1.29 is 24.3 Å². The summed E-state index contributed by atoms with van der Waals surface area (Å²) in [5, 5.41) is 8.91. The lowest BCUT2D eigenvalue weighted by molar-refractivity contribution is -0.164. The molecule has 2 heterocycles. The molecule has 0 bridgehead atoms. The minimum atomic E-state index is -1.64. The Bertz CT molecular complexity index is 1050. The van der Waals surface area contributed by atoms with E-state index >= 15 is 0 Å². The third-order valence-electron chi connectivity index (χ3n) is 5.41. The summed E-state index contributed by atoms with van der Waals surface area (Å²) in [5.74, 6) is -2.46. The van der Waals surface area contributed by atoms with Gasteiger partial charge in [0.25, 0.3) is 0 Å². The molecule has 0 saturated carbocycles. The third-order valence-corrected chi connectivity index (χ3v) is 5.41. The van der Waals surface area contributed by atoms with Gasteiger partial charge in [-0.3, -0.25) is 4.90 Å². The largest absolute Gasteiger partial charge is 0.473 e. The summed E-state index contributed by atoms with van der Waals surface area (Å²) in [7, 11) is 0. The first kappa shape index (κ1) is 21.0. The Morgan fingerprint density at radius 3 is 2.68 bits per heavy atom. The van der Waals surface area contributed by atoms with E-state index < -0.39 is 11.9 Å². The summed E-state index contributed by atoms with van der Waals surface area (Å²) in [6, 6.07) is 17.5. The first-order chi connectivity index (χ1) is 15.1. The molecule has 1 aliphatic heterocycles. The Balaban J connectivity index is 1.39. The lowest BCUT2D eigenvalue weighted by atomic mass is 10.1. The molecular formula is C23H25N3O5. The zero-order valence-corrected chi connectivity index (χ0v) is 17.1. The van der Waals surface area contributed by atoms with Gasteiger partial charge in [0.15, 0.2) is 0 Å². The fourth-order valence-electron chi connectivity index (χ4n) is 3.82. The van der Waals surface area contributed by atoms with Crippen molar-refractivity contribution in [2.24, 2.45) is 0 Å². The summed E-state index contributed by atoms with van der Waals surface area (Å²) in [5.41, 5.74) is 2.52. The predicted molar refractivity (Wildman–Crippen MR) is 114 cm³/mol. The topological polar surface area (TPSA) is 93.9 Å². The van der Waals surface area contributed by atoms with Crippen LogP contribution in [0.25, 0.3) is 11.0 Å². The maximum atomic E-state index is 11.6. The van der Waals surface area contributed by atoms with Crippen molar-refractivity contribution in [3.05, 3.63) is 66.0 Å². The van der Waals surface area contributed by atoms with Crippen LogP contribution in [-0.4, -0.2) is 64.0 Å². The smallest absolute Gasteiger partial charge is 0.441 e. The van der Waals surface area contributed by atoms with Gasteiger partial charge in [0.1, 0.15) is 11.3 Å². The van der Waals surface area contributed by atoms with E-state index in [1.165, 1.54) is 10.3 Å². The van der Waals surface area contributed by atoms with Gasteiger partial charge in [0.05, 0.1) is 18.2 Å². The van der Waals surface area contributed by atoms with Crippen LogP contribution in [-0.2, 0) is 27.2 Å². The molecule has 0 radical (unpaired) electrons. The van der Waals surface area contributed by atoms with Gasteiger partial charge in [0, 0.05) is 26.1 Å². The fraction of sp³-hybridized carbons (Fsp3) is 0.348. The molecule has 1 saturated heterocycles. The van der Waals surface area contributed by atoms with E-state index in [1.807, 2.05) is 24.3 Å². The highest BCUT2D eigenvalue weighted by molar-refractivity contribution is 6.28. The van der Waals surface area contributed by atoms with Gasteiger partial charge in [-0.1, -0.05) is 42.5 Å². The van der Waals surface area contributed by atoms with Crippen LogP contribution in [0.3, 0.4) is 0 Å². The minimum Gasteiger partial charge on any atom is -0.473 e. The number of benzene rings is 2. The Kier molecular flexibility index (Phi) is 6.59. The van der Waals surface area contributed by atoms with Gasteiger partial charge >= 0.3 is 11.9 Å². The normalized spacial score (nSPS) is 17.0. The average molecular weight is 423 g/mol. The number of carboxylic acids is 1. The number of aliphatic carboxylic acids is 1. The molecule has 2 aromatic carbocycles. The van der Waals surface area contributed by atoms with Crippen LogP contribution in [0.15, 0.2) is 54.6 Å². The van der Waals surface area contributed by atoms with Crippen LogP contribution in [0.4, 0.5) is 0 Å². The number of ether oxygens (including phenoxy) is 1. The quantitative estimate of drug-likeness (QED) is 0.581. The number of rotatable bonds is 7. The molecule has 4 rings (SSSR count). The predicted octanol–water partition coefficient (Wildman–Crippen LogP) is 1.95. The standard InChI is InChI=1S/C23H25N3O5/c27-22(28)23(29)31-26-20-9-5-4-8-19(20)24-21(26)12-13-25-14-15-30-18(16-25)11-10-17-6-2-1-3-7-17/h1-9,18H,10-16H2,(H,27,28)/t18-/m0/s1. The molecule has 8 heteroatoms. The number of fused-ring (bicyclic) bond motifs is 1. The van der Waals surface area contributed by atoms with Crippen molar-refractivity contribution in [1.82, 2.24) is 14.6 Å². The maximum absolute atomic E-state index is 11.6. The highest BCUT2D eigenvalue weighted by Crippen LogP contribution is 2.17. The average Bonchev–Trinajstić information content (AvgIpc) is 3.14. The van der Waals surface area contributed by atoms with Gasteiger partial charge in [0.2, 0.25) is 0 Å². The zero-order chi connectivity index (χ0) is 21.6. The SMILES string of the molecule is O=C(O)C(=O)On1c(CCN2CCO[C@@H](CCc3ccccc3)C2)nc2ccccc21. The number of aromatic nitrogens is 2. The first-order valence-corrected chi connectivity index (χ1v) is 10.4. The molecule has 31 heavy (non-hydrogen) atoms. The number of hydrogen-bond acceptors (Lipinski definition) is 6. The van der Waals surface area contributed by atoms with Crippen LogP contribution in [0, 0.1) is 0 Å². The van der Waals surface area contributed by atoms with Crippen molar-refractivity contribution in [1.29, 1.82) is 0 Å². The molecule has 1 atom stereocenters. The Morgan fingerprint density at radius 1 is 1.10 bits per heavy atom. The fourth-order valence-corrected chi connectivity index (χ4v) is 3.82. The number of carbonyl (C=O) groups excluding carboxylic acids is 1. The zero-order valence-electron chi connectivity index (χ0n) is 17.1. The molecular weight excluding hydrogens is 398 g/mol. The van der Waals surface area contributed by atoms with Gasteiger partial charge in [-0.15, -0.1) is 0 Å². The van der Waals surface area contributed by atoms with Crippen LogP contribution in [0.5, 0.6) is 0 Å². The van der Waals surface area contributed by atoms with E-state index in [9.17, 15) is 9.59 Å². The van der Waals surface area contributed by atoms with Crippen LogP contribution >= 0.6 is 0 Å². The van der Waals surface area contributed by atoms with Gasteiger partial charge < -0.3 is 14.7 Å². The molecule has 0 unspecified atom stereocenters. The molecule has 162 valence electrons. The van der Waals surface area contributed by atoms with E-state index in [1.54, 1.807) is 18.2 Å². The van der Waals surface area contributed by atoms with Crippen molar-refractivity contribution in [3.8, 4) is 0 Å². The maximum Gasteiger partial charge on any atom is 0.441 e. The number of morpholine rings is 1. The molecule has 0 amide bonds. The van der Waals surface area contributed by atoms with E-state index in [0.717, 1.165) is 25.9 Å². The number of carbonyl (C=O) groups is 2. The summed E-state index contributed by atoms with van der Waals surface area (Å²) in [6.45, 7) is 3.02. The summed E-state index contributed by atoms with van der Waals surface area (Å²) in [4.78, 5) is 34.5. The number of imidazole rings is 1. The second kappa shape index (κ2) is 9.72. The lowest BCUT2D eigenvalue weighted by Crippen LogP contribution is -2.43. The summed E-state index contributed by atoms with van der Waals surface area (Å²) < 4.78 is 7.17. The van der Waals surface area contributed by atoms with E-state index in [4.69, 9.17) is 14.7 Å². The Hall–Kier alpha value is -3.23. The molecule has 0 spiro atoms. The van der Waals surface area contributed by atoms with Crippen LogP contribution in [0.1, 0.15) is 17.8 Å². The molecule has 1 aliphatic rings. The number of nitrogens with zero attached hydrogens (tertiary/aromatic N) is 3.